The van der Waals surface area contributed by atoms with E-state index in [4.69, 9.17) is 23.4 Å². The van der Waals surface area contributed by atoms with Crippen molar-refractivity contribution in [2.75, 3.05) is 14.2 Å². The van der Waals surface area contributed by atoms with Gasteiger partial charge in [-0.3, -0.25) is 0 Å². The van der Waals surface area contributed by atoms with Gasteiger partial charge in [0.2, 0.25) is 0 Å². The van der Waals surface area contributed by atoms with Gasteiger partial charge in [0, 0.05) is 23.1 Å². The Balaban J connectivity index is 1.43. The molecule has 6 nitrogen and oxygen atoms in total. The predicted molar refractivity (Wildman–Crippen MR) is 226 cm³/mol. The van der Waals surface area contributed by atoms with E-state index in [1.165, 1.54) is 10.4 Å². The zero-order valence-electron chi connectivity index (χ0n) is 31.3. The van der Waals surface area contributed by atoms with Gasteiger partial charge in [-0.1, -0.05) is 130 Å². The van der Waals surface area contributed by atoms with Gasteiger partial charge in [0.05, 0.1) is 30.0 Å². The van der Waals surface area contributed by atoms with E-state index in [9.17, 15) is 4.79 Å². The number of carbonyl (C=O) groups is 1. The molecule has 0 N–H and O–H groups in total. The summed E-state index contributed by atoms with van der Waals surface area (Å²) < 4.78 is 32.7. The van der Waals surface area contributed by atoms with E-state index < -0.39 is 14.3 Å². The molecule has 6 aromatic carbocycles. The molecule has 0 bridgehead atoms. The van der Waals surface area contributed by atoms with Crippen LogP contribution in [-0.4, -0.2) is 28.5 Å². The standard InChI is InChI=1S/C46H45IO6Si/c1-46(2,3)54(40-22-14-8-15-23-40,41-24-16-9-17-25-41)52-32-37-29-38(51-31-33-18-10-6-11-19-33)27-35(43(37)49-4)26-36-28-39(30-42(47)44(36)50-5)53-45(48)34-20-12-7-13-21-34/h6-25,27-30H,26,31-32H2,1-5H3. The highest BCUT2D eigenvalue weighted by atomic mass is 127. The second kappa shape index (κ2) is 17.5. The van der Waals surface area contributed by atoms with E-state index in [0.717, 1.165) is 25.8 Å². The van der Waals surface area contributed by atoms with Crippen molar-refractivity contribution < 1.29 is 28.2 Å². The molecule has 0 aliphatic rings. The zero-order chi connectivity index (χ0) is 38.1. The molecule has 0 spiro atoms. The first-order valence-corrected chi connectivity index (χ1v) is 20.9. The highest BCUT2D eigenvalue weighted by Gasteiger charge is 2.50. The largest absolute Gasteiger partial charge is 0.496 e. The van der Waals surface area contributed by atoms with E-state index in [0.29, 0.717) is 41.6 Å². The number of benzene rings is 6. The fourth-order valence-corrected chi connectivity index (χ4v) is 12.4. The van der Waals surface area contributed by atoms with Crippen LogP contribution in [0, 0.1) is 3.57 Å². The lowest BCUT2D eigenvalue weighted by Crippen LogP contribution is -2.66. The highest BCUT2D eigenvalue weighted by molar-refractivity contribution is 14.1. The van der Waals surface area contributed by atoms with E-state index in [1.807, 2.05) is 84.9 Å². The van der Waals surface area contributed by atoms with Crippen molar-refractivity contribution in [2.24, 2.45) is 0 Å². The molecule has 0 fully saturated rings. The maximum Gasteiger partial charge on any atom is 0.343 e. The fraction of sp³-hybridized carbons (Fsp3) is 0.196. The van der Waals surface area contributed by atoms with Gasteiger partial charge in [0.25, 0.3) is 8.32 Å². The van der Waals surface area contributed by atoms with Gasteiger partial charge in [0.15, 0.2) is 0 Å². The topological polar surface area (TPSA) is 63.2 Å². The Kier molecular flexibility index (Phi) is 12.6. The Bertz CT molecular complexity index is 2110. The first kappa shape index (κ1) is 38.8. The Morgan fingerprint density at radius 2 is 1.11 bits per heavy atom. The quantitative estimate of drug-likeness (QED) is 0.0471. The molecule has 0 aromatic heterocycles. The molecule has 0 saturated heterocycles. The normalized spacial score (nSPS) is 11.5. The first-order chi connectivity index (χ1) is 26.1. The summed E-state index contributed by atoms with van der Waals surface area (Å²) in [6.45, 7) is 7.50. The number of carbonyl (C=O) groups excluding carboxylic acids is 1. The monoisotopic (exact) mass is 848 g/mol. The second-order valence-corrected chi connectivity index (χ2v) is 19.5. The van der Waals surface area contributed by atoms with E-state index >= 15 is 0 Å². The Labute approximate surface area is 333 Å². The average molecular weight is 849 g/mol. The van der Waals surface area contributed by atoms with Gasteiger partial charge in [-0.15, -0.1) is 0 Å². The summed E-state index contributed by atoms with van der Waals surface area (Å²) in [5.74, 6) is 2.08. The third-order valence-electron chi connectivity index (χ3n) is 9.43. The van der Waals surface area contributed by atoms with Crippen molar-refractivity contribution >= 4 is 47.3 Å². The number of hydrogen-bond donors (Lipinski definition) is 0. The van der Waals surface area contributed by atoms with Gasteiger partial charge in [-0.2, -0.15) is 0 Å². The van der Waals surface area contributed by atoms with Gasteiger partial charge in [-0.25, -0.2) is 4.79 Å². The smallest absolute Gasteiger partial charge is 0.343 e. The molecule has 0 saturated carbocycles. The molecule has 276 valence electrons. The molecule has 0 amide bonds. The van der Waals surface area contributed by atoms with E-state index in [1.54, 1.807) is 26.4 Å². The number of esters is 1. The molecular weight excluding hydrogens is 803 g/mol. The van der Waals surface area contributed by atoms with Gasteiger partial charge >= 0.3 is 5.97 Å². The van der Waals surface area contributed by atoms with Crippen LogP contribution < -0.4 is 29.3 Å². The third kappa shape index (κ3) is 8.73. The SMILES string of the molecule is COc1c(I)cc(OC(=O)c2ccccc2)cc1Cc1cc(OCc2ccccc2)cc(CO[Si](c2ccccc2)(c2ccccc2)C(C)(C)C)c1OC. The molecule has 0 radical (unpaired) electrons. The van der Waals surface area contributed by atoms with Crippen molar-refractivity contribution in [1.29, 1.82) is 0 Å². The lowest BCUT2D eigenvalue weighted by atomic mass is 9.99. The van der Waals surface area contributed by atoms with Crippen LogP contribution in [0.3, 0.4) is 0 Å². The van der Waals surface area contributed by atoms with Crippen molar-refractivity contribution in [3.63, 3.8) is 0 Å². The lowest BCUT2D eigenvalue weighted by molar-refractivity contribution is 0.0734. The molecule has 6 rings (SSSR count). The molecule has 0 unspecified atom stereocenters. The number of rotatable bonds is 14. The molecule has 0 heterocycles. The van der Waals surface area contributed by atoms with Gasteiger partial charge in [-0.05, 0) is 80.0 Å². The molecular formula is C46H45IO6Si. The highest BCUT2D eigenvalue weighted by Crippen LogP contribution is 2.40. The lowest BCUT2D eigenvalue weighted by Gasteiger charge is -2.43. The van der Waals surface area contributed by atoms with Gasteiger partial charge < -0.3 is 23.4 Å². The molecule has 0 aliphatic heterocycles. The van der Waals surface area contributed by atoms with Crippen molar-refractivity contribution in [2.45, 2.75) is 45.4 Å². The van der Waals surface area contributed by atoms with Crippen molar-refractivity contribution in [1.82, 2.24) is 0 Å². The van der Waals surface area contributed by atoms with Gasteiger partial charge in [0.1, 0.15) is 29.6 Å². The molecule has 54 heavy (non-hydrogen) atoms. The fourth-order valence-electron chi connectivity index (χ4n) is 6.98. The van der Waals surface area contributed by atoms with Crippen LogP contribution in [0.1, 0.15) is 53.4 Å². The molecule has 6 aromatic rings. The summed E-state index contributed by atoms with van der Waals surface area (Å²) in [7, 11) is 0.451. The number of ether oxygens (including phenoxy) is 4. The van der Waals surface area contributed by atoms with Crippen LogP contribution in [0.25, 0.3) is 0 Å². The van der Waals surface area contributed by atoms with Crippen molar-refractivity contribution in [3.8, 4) is 23.0 Å². The number of hydrogen-bond acceptors (Lipinski definition) is 6. The second-order valence-electron chi connectivity index (χ2n) is 14.0. The Morgan fingerprint density at radius 3 is 1.67 bits per heavy atom. The Hall–Kier alpha value is -4.90. The predicted octanol–water partition coefficient (Wildman–Crippen LogP) is 9.77. The van der Waals surface area contributed by atoms with Crippen LogP contribution >= 0.6 is 22.6 Å². The van der Waals surface area contributed by atoms with E-state index in [-0.39, 0.29) is 11.6 Å². The third-order valence-corrected chi connectivity index (χ3v) is 15.2. The molecule has 8 heteroatoms. The summed E-state index contributed by atoms with van der Waals surface area (Å²) in [6.07, 6.45) is 0.411. The maximum absolute atomic E-state index is 13.1. The summed E-state index contributed by atoms with van der Waals surface area (Å²) >= 11 is 2.22. The summed E-state index contributed by atoms with van der Waals surface area (Å²) in [5, 5.41) is 2.18. The minimum absolute atomic E-state index is 0.213. The number of methoxy groups -OCH3 is 2. The summed E-state index contributed by atoms with van der Waals surface area (Å²) in [5.41, 5.74) is 4.11. The molecule has 0 atom stereocenters. The van der Waals surface area contributed by atoms with Crippen molar-refractivity contribution in [3.05, 3.63) is 177 Å². The minimum Gasteiger partial charge on any atom is -0.496 e. The number of halogens is 1. The van der Waals surface area contributed by atoms with Crippen LogP contribution in [0.2, 0.25) is 5.04 Å². The average Bonchev–Trinajstić information content (AvgIpc) is 3.18. The van der Waals surface area contributed by atoms with Crippen LogP contribution in [0.4, 0.5) is 0 Å². The van der Waals surface area contributed by atoms with Crippen LogP contribution in [-0.2, 0) is 24.1 Å². The summed E-state index contributed by atoms with van der Waals surface area (Å²) in [6, 6.07) is 48.0. The Morgan fingerprint density at radius 1 is 0.611 bits per heavy atom. The van der Waals surface area contributed by atoms with E-state index in [2.05, 4.69) is 91.9 Å². The zero-order valence-corrected chi connectivity index (χ0v) is 34.5. The van der Waals surface area contributed by atoms with Crippen LogP contribution in [0.15, 0.2) is 146 Å². The maximum atomic E-state index is 13.1. The molecule has 0 aliphatic carbocycles. The minimum atomic E-state index is -2.89. The summed E-state index contributed by atoms with van der Waals surface area (Å²) in [4.78, 5) is 13.1. The van der Waals surface area contributed by atoms with Crippen LogP contribution in [0.5, 0.6) is 23.0 Å². The first-order valence-electron chi connectivity index (χ1n) is 17.9.